The molecule has 0 saturated heterocycles. The van der Waals surface area contributed by atoms with Crippen molar-refractivity contribution >= 4 is 5.91 Å². The first kappa shape index (κ1) is 14.0. The number of hydrogen-bond acceptors (Lipinski definition) is 2. The van der Waals surface area contributed by atoms with Gasteiger partial charge in [-0.2, -0.15) is 0 Å². The molecule has 1 atom stereocenters. The molecule has 1 aromatic carbocycles. The number of carbonyl (C=O) groups excluding carboxylic acids is 1. The molecule has 1 aromatic rings. The molecule has 0 bridgehead atoms. The van der Waals surface area contributed by atoms with E-state index in [1.165, 1.54) is 12.1 Å². The van der Waals surface area contributed by atoms with Crippen LogP contribution in [0.15, 0.2) is 24.3 Å². The zero-order valence-corrected chi connectivity index (χ0v) is 11.3. The minimum absolute atomic E-state index is 0.108. The van der Waals surface area contributed by atoms with Crippen molar-refractivity contribution in [3.8, 4) is 0 Å². The van der Waals surface area contributed by atoms with Crippen LogP contribution in [0.25, 0.3) is 0 Å². The third-order valence-corrected chi connectivity index (χ3v) is 3.33. The molecule has 19 heavy (non-hydrogen) atoms. The molecule has 0 radical (unpaired) electrons. The second-order valence-corrected chi connectivity index (χ2v) is 5.38. The molecule has 1 unspecified atom stereocenters. The first-order valence-corrected chi connectivity index (χ1v) is 6.86. The zero-order valence-electron chi connectivity index (χ0n) is 11.3. The van der Waals surface area contributed by atoms with Gasteiger partial charge in [-0.15, -0.1) is 0 Å². The summed E-state index contributed by atoms with van der Waals surface area (Å²) >= 11 is 0. The highest BCUT2D eigenvalue weighted by Crippen LogP contribution is 2.27. The zero-order chi connectivity index (χ0) is 13.8. The lowest BCUT2D eigenvalue weighted by Crippen LogP contribution is -2.37. The van der Waals surface area contributed by atoms with E-state index < -0.39 is 0 Å². The Hall–Kier alpha value is -1.42. The summed E-state index contributed by atoms with van der Waals surface area (Å²) in [6.07, 6.45) is 3.24. The maximum atomic E-state index is 13.1. The van der Waals surface area contributed by atoms with Gasteiger partial charge >= 0.3 is 0 Å². The fourth-order valence-corrected chi connectivity index (χ4v) is 2.23. The van der Waals surface area contributed by atoms with Crippen molar-refractivity contribution < 1.29 is 9.18 Å². The topological polar surface area (TPSA) is 46.3 Å². The van der Waals surface area contributed by atoms with Gasteiger partial charge in [0.25, 0.3) is 0 Å². The highest BCUT2D eigenvalue weighted by atomic mass is 19.1. The summed E-state index contributed by atoms with van der Waals surface area (Å²) in [5, 5.41) is 0. The van der Waals surface area contributed by atoms with Crippen molar-refractivity contribution in [3.05, 3.63) is 35.6 Å². The minimum Gasteiger partial charge on any atom is -0.339 e. The summed E-state index contributed by atoms with van der Waals surface area (Å²) in [5.41, 5.74) is 6.61. The molecule has 2 N–H and O–H groups in total. The first-order valence-electron chi connectivity index (χ1n) is 6.86. The lowest BCUT2D eigenvalue weighted by atomic mass is 10.1. The second kappa shape index (κ2) is 6.15. The summed E-state index contributed by atoms with van der Waals surface area (Å²) in [7, 11) is 0. The quantitative estimate of drug-likeness (QED) is 0.855. The predicted octanol–water partition coefficient (Wildman–Crippen LogP) is 2.10. The third-order valence-electron chi connectivity index (χ3n) is 3.33. The molecule has 0 aromatic heterocycles. The molecule has 1 aliphatic carbocycles. The molecule has 0 aliphatic heterocycles. The van der Waals surface area contributed by atoms with Gasteiger partial charge in [0.2, 0.25) is 5.91 Å². The Bertz CT molecular complexity index is 444. The standard InChI is InChI=1S/C15H21FN2O/c1-11(17)9-15(19)18(14-5-6-14)8-7-12-3-2-4-13(16)10-12/h2-4,10-11,14H,5-9,17H2,1H3. The molecule has 0 heterocycles. The summed E-state index contributed by atoms with van der Waals surface area (Å²) < 4.78 is 13.1. The monoisotopic (exact) mass is 264 g/mol. The number of amides is 1. The number of halogens is 1. The smallest absolute Gasteiger partial charge is 0.224 e. The summed E-state index contributed by atoms with van der Waals surface area (Å²) in [6, 6.07) is 6.83. The normalized spacial score (nSPS) is 16.2. The first-order chi connectivity index (χ1) is 9.06. The number of carbonyl (C=O) groups is 1. The van der Waals surface area contributed by atoms with Crippen molar-refractivity contribution in [1.29, 1.82) is 0 Å². The lowest BCUT2D eigenvalue weighted by molar-refractivity contribution is -0.132. The van der Waals surface area contributed by atoms with Crippen LogP contribution in [0.3, 0.4) is 0 Å². The Kier molecular flexibility index (Phi) is 4.53. The molecule has 1 saturated carbocycles. The summed E-state index contributed by atoms with van der Waals surface area (Å²) in [5.74, 6) is -0.105. The highest BCUT2D eigenvalue weighted by Gasteiger charge is 2.32. The number of benzene rings is 1. The third kappa shape index (κ3) is 4.31. The predicted molar refractivity (Wildman–Crippen MR) is 73.1 cm³/mol. The van der Waals surface area contributed by atoms with Crippen molar-refractivity contribution in [2.24, 2.45) is 5.73 Å². The minimum atomic E-state index is -0.225. The van der Waals surface area contributed by atoms with E-state index in [4.69, 9.17) is 5.73 Å². The van der Waals surface area contributed by atoms with E-state index in [-0.39, 0.29) is 17.8 Å². The van der Waals surface area contributed by atoms with Crippen LogP contribution in [-0.2, 0) is 11.2 Å². The maximum Gasteiger partial charge on any atom is 0.224 e. The van der Waals surface area contributed by atoms with Crippen molar-refractivity contribution in [2.75, 3.05) is 6.54 Å². The van der Waals surface area contributed by atoms with E-state index in [0.717, 1.165) is 18.4 Å². The number of hydrogen-bond donors (Lipinski definition) is 1. The van der Waals surface area contributed by atoms with Crippen LogP contribution in [0, 0.1) is 5.82 Å². The second-order valence-electron chi connectivity index (χ2n) is 5.38. The fraction of sp³-hybridized carbons (Fsp3) is 0.533. The van der Waals surface area contributed by atoms with Gasteiger partial charge in [0.15, 0.2) is 0 Å². The van der Waals surface area contributed by atoms with Gasteiger partial charge < -0.3 is 10.6 Å². The Morgan fingerprint density at radius 3 is 2.84 bits per heavy atom. The van der Waals surface area contributed by atoms with Crippen LogP contribution in [-0.4, -0.2) is 29.4 Å². The van der Waals surface area contributed by atoms with E-state index >= 15 is 0 Å². The van der Waals surface area contributed by atoms with E-state index in [0.29, 0.717) is 25.4 Å². The average molecular weight is 264 g/mol. The van der Waals surface area contributed by atoms with Gasteiger partial charge in [-0.05, 0) is 43.9 Å². The molecule has 1 aliphatic rings. The van der Waals surface area contributed by atoms with E-state index in [1.54, 1.807) is 6.07 Å². The van der Waals surface area contributed by atoms with Gasteiger partial charge in [-0.25, -0.2) is 4.39 Å². The molecule has 1 fully saturated rings. The van der Waals surface area contributed by atoms with E-state index in [1.807, 2.05) is 17.9 Å². The lowest BCUT2D eigenvalue weighted by Gasteiger charge is -2.23. The Balaban J connectivity index is 1.92. The molecule has 104 valence electrons. The Morgan fingerprint density at radius 2 is 2.26 bits per heavy atom. The van der Waals surface area contributed by atoms with Crippen molar-refractivity contribution in [3.63, 3.8) is 0 Å². The van der Waals surface area contributed by atoms with Gasteiger partial charge in [0.05, 0.1) is 0 Å². The van der Waals surface area contributed by atoms with Gasteiger partial charge in [-0.1, -0.05) is 12.1 Å². The summed E-state index contributed by atoms with van der Waals surface area (Å²) in [4.78, 5) is 14.0. The molecule has 1 amide bonds. The molecule has 0 spiro atoms. The van der Waals surface area contributed by atoms with Crippen LogP contribution < -0.4 is 5.73 Å². The van der Waals surface area contributed by atoms with Gasteiger partial charge in [-0.3, -0.25) is 4.79 Å². The van der Waals surface area contributed by atoms with Crippen LogP contribution in [0.1, 0.15) is 31.7 Å². The molecular weight excluding hydrogens is 243 g/mol. The molecule has 2 rings (SSSR count). The van der Waals surface area contributed by atoms with Gasteiger partial charge in [0.1, 0.15) is 5.82 Å². The maximum absolute atomic E-state index is 13.1. The van der Waals surface area contributed by atoms with Crippen molar-refractivity contribution in [1.82, 2.24) is 4.90 Å². The Labute approximate surface area is 113 Å². The van der Waals surface area contributed by atoms with E-state index in [9.17, 15) is 9.18 Å². The number of nitrogens with two attached hydrogens (primary N) is 1. The van der Waals surface area contributed by atoms with Crippen LogP contribution in [0.2, 0.25) is 0 Å². The Morgan fingerprint density at radius 1 is 1.53 bits per heavy atom. The SMILES string of the molecule is CC(N)CC(=O)N(CCc1cccc(F)c1)C1CC1. The average Bonchev–Trinajstić information content (AvgIpc) is 3.12. The van der Waals surface area contributed by atoms with Crippen LogP contribution >= 0.6 is 0 Å². The van der Waals surface area contributed by atoms with Crippen molar-refractivity contribution in [2.45, 2.75) is 44.7 Å². The molecular formula is C15H21FN2O. The van der Waals surface area contributed by atoms with Gasteiger partial charge in [0, 0.05) is 25.0 Å². The van der Waals surface area contributed by atoms with E-state index in [2.05, 4.69) is 0 Å². The van der Waals surface area contributed by atoms with Crippen LogP contribution in [0.4, 0.5) is 4.39 Å². The summed E-state index contributed by atoms with van der Waals surface area (Å²) in [6.45, 7) is 2.50. The molecule has 3 nitrogen and oxygen atoms in total. The number of nitrogens with zero attached hydrogens (tertiary/aromatic N) is 1. The molecule has 4 heteroatoms. The highest BCUT2D eigenvalue weighted by molar-refractivity contribution is 5.77. The van der Waals surface area contributed by atoms with Crippen LogP contribution in [0.5, 0.6) is 0 Å². The fourth-order valence-electron chi connectivity index (χ4n) is 2.23. The number of rotatable bonds is 6. The largest absolute Gasteiger partial charge is 0.339 e.